The lowest BCUT2D eigenvalue weighted by molar-refractivity contribution is 0.256. The Bertz CT molecular complexity index is 823. The predicted octanol–water partition coefficient (Wildman–Crippen LogP) is 4.01. The van der Waals surface area contributed by atoms with Crippen LogP contribution in [0.2, 0.25) is 5.02 Å². The molecule has 0 radical (unpaired) electrons. The summed E-state index contributed by atoms with van der Waals surface area (Å²) in [7, 11) is 0. The maximum atomic E-state index is 12.3. The van der Waals surface area contributed by atoms with Gasteiger partial charge in [-0.25, -0.2) is 4.68 Å². The highest BCUT2D eigenvalue weighted by Crippen LogP contribution is 2.36. The SMILES string of the molecule is CC1(C)CC=CC(n2c(=O)ccn2-c2ccc(Cl)cc2)=C1O. The highest BCUT2D eigenvalue weighted by atomic mass is 35.5. The van der Waals surface area contributed by atoms with E-state index in [-0.39, 0.29) is 11.3 Å². The molecule has 0 unspecified atom stereocenters. The van der Waals surface area contributed by atoms with Gasteiger partial charge in [0, 0.05) is 22.7 Å². The summed E-state index contributed by atoms with van der Waals surface area (Å²) in [5.41, 5.74) is 0.710. The number of hydrogen-bond donors (Lipinski definition) is 1. The van der Waals surface area contributed by atoms with Crippen molar-refractivity contribution in [3.8, 4) is 5.69 Å². The molecule has 0 bridgehead atoms. The molecule has 1 N–H and O–H groups in total. The number of aromatic nitrogens is 2. The van der Waals surface area contributed by atoms with Crippen LogP contribution in [0.15, 0.2) is 59.2 Å². The molecule has 5 heteroatoms. The second-order valence-corrected chi connectivity index (χ2v) is 6.45. The van der Waals surface area contributed by atoms with E-state index in [1.54, 1.807) is 29.1 Å². The van der Waals surface area contributed by atoms with Crippen LogP contribution in [0.25, 0.3) is 11.4 Å². The standard InChI is InChI=1S/C17H17ClN2O2/c1-17(2)10-3-4-14(16(17)22)20-15(21)9-11-19(20)13-7-5-12(18)6-8-13/h3-9,11,22H,10H2,1-2H3. The Kier molecular flexibility index (Phi) is 3.49. The number of nitrogens with zero attached hydrogens (tertiary/aromatic N) is 2. The minimum Gasteiger partial charge on any atom is -0.509 e. The molecular formula is C17H17ClN2O2. The van der Waals surface area contributed by atoms with Gasteiger partial charge >= 0.3 is 0 Å². The fourth-order valence-corrected chi connectivity index (χ4v) is 2.69. The van der Waals surface area contributed by atoms with E-state index >= 15 is 0 Å². The molecule has 1 aliphatic rings. The molecule has 0 aliphatic heterocycles. The van der Waals surface area contributed by atoms with Crippen molar-refractivity contribution in [2.45, 2.75) is 20.3 Å². The van der Waals surface area contributed by atoms with Gasteiger partial charge in [-0.2, -0.15) is 0 Å². The van der Waals surface area contributed by atoms with Gasteiger partial charge < -0.3 is 5.11 Å². The number of halogens is 1. The molecule has 1 aromatic carbocycles. The van der Waals surface area contributed by atoms with Crippen LogP contribution in [0, 0.1) is 5.41 Å². The number of aliphatic hydroxyl groups excluding tert-OH is 1. The first-order valence-electron chi connectivity index (χ1n) is 7.07. The number of rotatable bonds is 2. The fraction of sp³-hybridized carbons (Fsp3) is 0.235. The van der Waals surface area contributed by atoms with E-state index in [9.17, 15) is 9.90 Å². The highest BCUT2D eigenvalue weighted by Gasteiger charge is 2.29. The van der Waals surface area contributed by atoms with Crippen LogP contribution in [-0.4, -0.2) is 14.5 Å². The van der Waals surface area contributed by atoms with Gasteiger partial charge in [0.2, 0.25) is 0 Å². The lowest BCUT2D eigenvalue weighted by Crippen LogP contribution is -2.27. The molecule has 1 aliphatic carbocycles. The maximum Gasteiger partial charge on any atom is 0.271 e. The lowest BCUT2D eigenvalue weighted by atomic mass is 9.83. The predicted molar refractivity (Wildman–Crippen MR) is 88.4 cm³/mol. The molecule has 0 saturated carbocycles. The van der Waals surface area contributed by atoms with Crippen LogP contribution in [0.4, 0.5) is 0 Å². The Labute approximate surface area is 133 Å². The van der Waals surface area contributed by atoms with E-state index in [1.807, 2.05) is 32.1 Å². The summed E-state index contributed by atoms with van der Waals surface area (Å²) in [6.07, 6.45) is 6.18. The molecule has 0 spiro atoms. The summed E-state index contributed by atoms with van der Waals surface area (Å²) in [6, 6.07) is 8.66. The van der Waals surface area contributed by atoms with Crippen LogP contribution in [0.3, 0.4) is 0 Å². The third kappa shape index (κ3) is 2.40. The van der Waals surface area contributed by atoms with Crippen molar-refractivity contribution in [3.05, 3.63) is 69.8 Å². The third-order valence-electron chi connectivity index (χ3n) is 3.89. The summed E-state index contributed by atoms with van der Waals surface area (Å²) in [5, 5.41) is 11.2. The van der Waals surface area contributed by atoms with Gasteiger partial charge in [-0.15, -0.1) is 0 Å². The van der Waals surface area contributed by atoms with Gasteiger partial charge in [0.15, 0.2) is 0 Å². The highest BCUT2D eigenvalue weighted by molar-refractivity contribution is 6.30. The summed E-state index contributed by atoms with van der Waals surface area (Å²) in [4.78, 5) is 12.3. The van der Waals surface area contributed by atoms with E-state index in [2.05, 4.69) is 0 Å². The second-order valence-electron chi connectivity index (χ2n) is 6.01. The first-order chi connectivity index (χ1) is 10.4. The first kappa shape index (κ1) is 14.7. The normalized spacial score (nSPS) is 17.0. The average Bonchev–Trinajstić information content (AvgIpc) is 2.85. The zero-order valence-electron chi connectivity index (χ0n) is 12.5. The molecule has 4 nitrogen and oxygen atoms in total. The smallest absolute Gasteiger partial charge is 0.271 e. The minimum atomic E-state index is -0.390. The van der Waals surface area contributed by atoms with E-state index in [0.717, 1.165) is 12.1 Å². The van der Waals surface area contributed by atoms with Crippen molar-refractivity contribution in [2.75, 3.05) is 0 Å². The maximum absolute atomic E-state index is 12.3. The van der Waals surface area contributed by atoms with Crippen LogP contribution >= 0.6 is 11.6 Å². The minimum absolute atomic E-state index is 0.196. The van der Waals surface area contributed by atoms with Crippen molar-refractivity contribution in [3.63, 3.8) is 0 Å². The van der Waals surface area contributed by atoms with Gasteiger partial charge in [-0.1, -0.05) is 31.5 Å². The molecular weight excluding hydrogens is 300 g/mol. The Hall–Kier alpha value is -2.20. The van der Waals surface area contributed by atoms with Gasteiger partial charge in [0.1, 0.15) is 11.5 Å². The van der Waals surface area contributed by atoms with Gasteiger partial charge in [0.05, 0.1) is 5.69 Å². The number of benzene rings is 1. The zero-order chi connectivity index (χ0) is 15.9. The Morgan fingerprint density at radius 3 is 2.55 bits per heavy atom. The molecule has 0 fully saturated rings. The fourth-order valence-electron chi connectivity index (χ4n) is 2.57. The van der Waals surface area contributed by atoms with E-state index in [4.69, 9.17) is 11.6 Å². The quantitative estimate of drug-likeness (QED) is 0.910. The summed E-state index contributed by atoms with van der Waals surface area (Å²) < 4.78 is 3.17. The monoisotopic (exact) mass is 316 g/mol. The van der Waals surface area contributed by atoms with Crippen molar-refractivity contribution in [1.82, 2.24) is 9.36 Å². The third-order valence-corrected chi connectivity index (χ3v) is 4.14. The molecule has 0 atom stereocenters. The molecule has 2 aromatic rings. The molecule has 1 heterocycles. The molecule has 0 saturated heterocycles. The zero-order valence-corrected chi connectivity index (χ0v) is 13.2. The summed E-state index contributed by atoms with van der Waals surface area (Å²) in [6.45, 7) is 3.90. The van der Waals surface area contributed by atoms with Gasteiger partial charge in [-0.05, 0) is 36.8 Å². The molecule has 114 valence electrons. The van der Waals surface area contributed by atoms with Crippen LogP contribution < -0.4 is 5.56 Å². The number of allylic oxidation sites excluding steroid dienone is 4. The second kappa shape index (κ2) is 5.21. The lowest BCUT2D eigenvalue weighted by Gasteiger charge is -2.28. The largest absolute Gasteiger partial charge is 0.509 e. The van der Waals surface area contributed by atoms with Crippen LogP contribution in [-0.2, 0) is 0 Å². The van der Waals surface area contributed by atoms with Gasteiger partial charge in [-0.3, -0.25) is 9.48 Å². The molecule has 0 amide bonds. The van der Waals surface area contributed by atoms with E-state index in [0.29, 0.717) is 10.7 Å². The Morgan fingerprint density at radius 1 is 1.18 bits per heavy atom. The summed E-state index contributed by atoms with van der Waals surface area (Å²) in [5.74, 6) is 0.214. The Morgan fingerprint density at radius 2 is 1.86 bits per heavy atom. The van der Waals surface area contributed by atoms with Gasteiger partial charge in [0.25, 0.3) is 5.56 Å². The number of hydrogen-bond acceptors (Lipinski definition) is 2. The molecule has 1 aromatic heterocycles. The number of aliphatic hydroxyl groups is 1. The Balaban J connectivity index is 2.21. The van der Waals surface area contributed by atoms with E-state index < -0.39 is 5.41 Å². The topological polar surface area (TPSA) is 47.2 Å². The van der Waals surface area contributed by atoms with E-state index in [1.165, 1.54) is 10.7 Å². The van der Waals surface area contributed by atoms with Crippen LogP contribution in [0.5, 0.6) is 0 Å². The first-order valence-corrected chi connectivity index (χ1v) is 7.45. The van der Waals surface area contributed by atoms with Crippen molar-refractivity contribution in [1.29, 1.82) is 0 Å². The van der Waals surface area contributed by atoms with Crippen molar-refractivity contribution >= 4 is 17.3 Å². The summed E-state index contributed by atoms with van der Waals surface area (Å²) >= 11 is 5.92. The molecule has 3 rings (SSSR count). The molecule has 22 heavy (non-hydrogen) atoms. The van der Waals surface area contributed by atoms with Crippen molar-refractivity contribution in [2.24, 2.45) is 5.41 Å². The average molecular weight is 317 g/mol. The van der Waals surface area contributed by atoms with Crippen molar-refractivity contribution < 1.29 is 5.11 Å². The van der Waals surface area contributed by atoms with Crippen LogP contribution in [0.1, 0.15) is 20.3 Å².